The summed E-state index contributed by atoms with van der Waals surface area (Å²) in [4.78, 5) is 16.5. The molecule has 2 N–H and O–H groups in total. The van der Waals surface area contributed by atoms with Gasteiger partial charge < -0.3 is 10.6 Å². The molecule has 3 aromatic rings. The van der Waals surface area contributed by atoms with Gasteiger partial charge in [0.05, 0.1) is 17.4 Å². The SMILES string of the molecule is Cc1ccc(C(=O)Nc2ccc(Nc3ccc(C(F)(F)F)cc3)nc2)cc1C. The Balaban J connectivity index is 1.64. The highest BCUT2D eigenvalue weighted by molar-refractivity contribution is 6.04. The van der Waals surface area contributed by atoms with Gasteiger partial charge in [0.25, 0.3) is 5.91 Å². The number of benzene rings is 2. The number of pyridine rings is 1. The third-order valence-electron chi connectivity index (χ3n) is 4.28. The van der Waals surface area contributed by atoms with Gasteiger partial charge in [-0.15, -0.1) is 0 Å². The second-order valence-electron chi connectivity index (χ2n) is 6.39. The molecule has 1 aromatic heterocycles. The number of anilines is 3. The van der Waals surface area contributed by atoms with Crippen molar-refractivity contribution in [3.8, 4) is 0 Å². The van der Waals surface area contributed by atoms with Gasteiger partial charge in [0.2, 0.25) is 0 Å². The van der Waals surface area contributed by atoms with E-state index in [1.165, 1.54) is 18.3 Å². The first-order valence-electron chi connectivity index (χ1n) is 8.51. The molecular formula is C21H18F3N3O. The van der Waals surface area contributed by atoms with E-state index in [2.05, 4.69) is 15.6 Å². The topological polar surface area (TPSA) is 54.0 Å². The Morgan fingerprint density at radius 1 is 0.893 bits per heavy atom. The summed E-state index contributed by atoms with van der Waals surface area (Å²) in [5.74, 6) is 0.206. The van der Waals surface area contributed by atoms with Crippen LogP contribution in [-0.4, -0.2) is 10.9 Å². The number of alkyl halides is 3. The summed E-state index contributed by atoms with van der Waals surface area (Å²) in [6.45, 7) is 3.92. The molecule has 0 unspecified atom stereocenters. The first kappa shape index (κ1) is 19.4. The maximum atomic E-state index is 12.6. The minimum Gasteiger partial charge on any atom is -0.340 e. The maximum absolute atomic E-state index is 12.6. The number of hydrogen-bond donors (Lipinski definition) is 2. The lowest BCUT2D eigenvalue weighted by Crippen LogP contribution is -2.12. The Bertz CT molecular complexity index is 981. The van der Waals surface area contributed by atoms with Crippen LogP contribution in [0, 0.1) is 13.8 Å². The summed E-state index contributed by atoms with van der Waals surface area (Å²) in [6, 6.07) is 13.4. The fourth-order valence-corrected chi connectivity index (χ4v) is 2.52. The molecule has 0 bridgehead atoms. The standard InChI is InChI=1S/C21H18F3N3O/c1-13-3-4-15(11-14(13)2)20(28)27-18-9-10-19(25-12-18)26-17-7-5-16(6-8-17)21(22,23)24/h3-12H,1-2H3,(H,25,26)(H,27,28). The van der Waals surface area contributed by atoms with Crippen LogP contribution in [0.2, 0.25) is 0 Å². The number of amides is 1. The minimum atomic E-state index is -4.37. The van der Waals surface area contributed by atoms with E-state index in [1.807, 2.05) is 26.0 Å². The van der Waals surface area contributed by atoms with Gasteiger partial charge in [-0.05, 0) is 73.5 Å². The van der Waals surface area contributed by atoms with Crippen LogP contribution in [0.15, 0.2) is 60.8 Å². The van der Waals surface area contributed by atoms with Crippen molar-refractivity contribution in [2.45, 2.75) is 20.0 Å². The van der Waals surface area contributed by atoms with Crippen LogP contribution in [0.3, 0.4) is 0 Å². The zero-order chi connectivity index (χ0) is 20.3. The number of aryl methyl sites for hydroxylation is 2. The van der Waals surface area contributed by atoms with Gasteiger partial charge in [-0.1, -0.05) is 6.07 Å². The smallest absolute Gasteiger partial charge is 0.340 e. The molecule has 0 aliphatic heterocycles. The predicted octanol–water partition coefficient (Wildman–Crippen LogP) is 5.71. The van der Waals surface area contributed by atoms with Crippen LogP contribution >= 0.6 is 0 Å². The van der Waals surface area contributed by atoms with E-state index in [1.54, 1.807) is 18.2 Å². The van der Waals surface area contributed by atoms with Gasteiger partial charge in [0.15, 0.2) is 0 Å². The molecule has 1 heterocycles. The molecule has 4 nitrogen and oxygen atoms in total. The Hall–Kier alpha value is -3.35. The Morgan fingerprint density at radius 2 is 1.57 bits per heavy atom. The molecular weight excluding hydrogens is 367 g/mol. The molecule has 144 valence electrons. The third-order valence-corrected chi connectivity index (χ3v) is 4.28. The van der Waals surface area contributed by atoms with Crippen LogP contribution in [-0.2, 0) is 6.18 Å². The van der Waals surface area contributed by atoms with Gasteiger partial charge in [-0.25, -0.2) is 4.98 Å². The summed E-state index contributed by atoms with van der Waals surface area (Å²) >= 11 is 0. The number of carbonyl (C=O) groups excluding carboxylic acids is 1. The number of carbonyl (C=O) groups is 1. The van der Waals surface area contributed by atoms with Crippen molar-refractivity contribution < 1.29 is 18.0 Å². The molecule has 0 spiro atoms. The van der Waals surface area contributed by atoms with Crippen LogP contribution in [0.1, 0.15) is 27.0 Å². The van der Waals surface area contributed by atoms with E-state index in [0.29, 0.717) is 22.8 Å². The molecule has 0 fully saturated rings. The Kier molecular flexibility index (Phi) is 5.35. The average molecular weight is 385 g/mol. The van der Waals surface area contributed by atoms with Crippen molar-refractivity contribution in [3.05, 3.63) is 83.0 Å². The number of halogens is 3. The van der Waals surface area contributed by atoms with Crippen molar-refractivity contribution in [2.24, 2.45) is 0 Å². The van der Waals surface area contributed by atoms with Crippen LogP contribution in [0.5, 0.6) is 0 Å². The lowest BCUT2D eigenvalue weighted by molar-refractivity contribution is -0.137. The molecule has 0 saturated carbocycles. The minimum absolute atomic E-state index is 0.242. The van der Waals surface area contributed by atoms with E-state index >= 15 is 0 Å². The molecule has 0 aliphatic rings. The number of rotatable bonds is 4. The second kappa shape index (κ2) is 7.72. The highest BCUT2D eigenvalue weighted by atomic mass is 19.4. The average Bonchev–Trinajstić information content (AvgIpc) is 2.65. The predicted molar refractivity (Wildman–Crippen MR) is 103 cm³/mol. The number of hydrogen-bond acceptors (Lipinski definition) is 3. The van der Waals surface area contributed by atoms with Gasteiger partial charge in [0, 0.05) is 11.3 Å². The lowest BCUT2D eigenvalue weighted by Gasteiger charge is -2.10. The molecule has 7 heteroatoms. The van der Waals surface area contributed by atoms with E-state index in [9.17, 15) is 18.0 Å². The zero-order valence-corrected chi connectivity index (χ0v) is 15.3. The maximum Gasteiger partial charge on any atom is 0.416 e. The van der Waals surface area contributed by atoms with Gasteiger partial charge >= 0.3 is 6.18 Å². The number of nitrogens with zero attached hydrogens (tertiary/aromatic N) is 1. The highest BCUT2D eigenvalue weighted by Crippen LogP contribution is 2.30. The Morgan fingerprint density at radius 3 is 2.14 bits per heavy atom. The largest absolute Gasteiger partial charge is 0.416 e. The fourth-order valence-electron chi connectivity index (χ4n) is 2.52. The van der Waals surface area contributed by atoms with Gasteiger partial charge in [-0.2, -0.15) is 13.2 Å². The van der Waals surface area contributed by atoms with Crippen molar-refractivity contribution in [2.75, 3.05) is 10.6 Å². The Labute approximate surface area is 160 Å². The van der Waals surface area contributed by atoms with Gasteiger partial charge in [0.1, 0.15) is 5.82 Å². The normalized spacial score (nSPS) is 11.2. The molecule has 2 aromatic carbocycles. The monoisotopic (exact) mass is 385 g/mol. The molecule has 0 atom stereocenters. The van der Waals surface area contributed by atoms with Crippen molar-refractivity contribution in [1.82, 2.24) is 4.98 Å². The van der Waals surface area contributed by atoms with E-state index in [0.717, 1.165) is 23.3 Å². The van der Waals surface area contributed by atoms with Crippen molar-refractivity contribution in [1.29, 1.82) is 0 Å². The summed E-state index contributed by atoms with van der Waals surface area (Å²) < 4.78 is 37.8. The molecule has 0 saturated heterocycles. The van der Waals surface area contributed by atoms with Crippen molar-refractivity contribution in [3.63, 3.8) is 0 Å². The molecule has 0 radical (unpaired) electrons. The number of nitrogens with one attached hydrogen (secondary N) is 2. The van der Waals surface area contributed by atoms with Gasteiger partial charge in [-0.3, -0.25) is 4.79 Å². The summed E-state index contributed by atoms with van der Waals surface area (Å²) in [6.07, 6.45) is -2.89. The first-order chi connectivity index (χ1) is 13.2. The van der Waals surface area contributed by atoms with Crippen LogP contribution < -0.4 is 10.6 Å². The van der Waals surface area contributed by atoms with Crippen LogP contribution in [0.25, 0.3) is 0 Å². The van der Waals surface area contributed by atoms with E-state index in [-0.39, 0.29) is 5.91 Å². The van der Waals surface area contributed by atoms with Crippen molar-refractivity contribution >= 4 is 23.1 Å². The molecule has 28 heavy (non-hydrogen) atoms. The molecule has 0 aliphatic carbocycles. The fraction of sp³-hybridized carbons (Fsp3) is 0.143. The lowest BCUT2D eigenvalue weighted by atomic mass is 10.1. The zero-order valence-electron chi connectivity index (χ0n) is 15.3. The second-order valence-corrected chi connectivity index (χ2v) is 6.39. The van der Waals surface area contributed by atoms with E-state index < -0.39 is 11.7 Å². The summed E-state index contributed by atoms with van der Waals surface area (Å²) in [5, 5.41) is 5.68. The number of aromatic nitrogens is 1. The third kappa shape index (κ3) is 4.68. The first-order valence-corrected chi connectivity index (χ1v) is 8.51. The van der Waals surface area contributed by atoms with E-state index in [4.69, 9.17) is 0 Å². The quantitative estimate of drug-likeness (QED) is 0.605. The van der Waals surface area contributed by atoms with Crippen LogP contribution in [0.4, 0.5) is 30.4 Å². The highest BCUT2D eigenvalue weighted by Gasteiger charge is 2.29. The summed E-state index contributed by atoms with van der Waals surface area (Å²) in [7, 11) is 0. The summed E-state index contributed by atoms with van der Waals surface area (Å²) in [5.41, 5.74) is 2.97. The molecule has 3 rings (SSSR count). The molecule has 1 amide bonds.